The number of ether oxygens (including phenoxy) is 2. The molecule has 0 amide bonds. The van der Waals surface area contributed by atoms with E-state index in [-0.39, 0.29) is 19.0 Å². The van der Waals surface area contributed by atoms with Crippen LogP contribution in [-0.4, -0.2) is 24.7 Å². The molecule has 0 bridgehead atoms. The Bertz CT molecular complexity index is 317. The lowest BCUT2D eigenvalue weighted by atomic mass is 10.4. The molecule has 5 heteroatoms. The van der Waals surface area contributed by atoms with Gasteiger partial charge in [0, 0.05) is 12.3 Å². The quantitative estimate of drug-likeness (QED) is 0.717. The fourth-order valence-corrected chi connectivity index (χ4v) is 0.989. The zero-order chi connectivity index (χ0) is 10.4. The second kappa shape index (κ2) is 5.44. The van der Waals surface area contributed by atoms with Crippen LogP contribution in [0, 0.1) is 0 Å². The van der Waals surface area contributed by atoms with E-state index >= 15 is 0 Å². The Balaban J connectivity index is 2.35. The van der Waals surface area contributed by atoms with Crippen LogP contribution in [0.5, 0.6) is 5.75 Å². The number of methoxy groups -OCH3 is 1. The maximum absolute atomic E-state index is 10.7. The van der Waals surface area contributed by atoms with Gasteiger partial charge in [0.2, 0.25) is 0 Å². The first-order chi connectivity index (χ1) is 6.72. The first-order valence-corrected chi connectivity index (χ1v) is 4.40. The van der Waals surface area contributed by atoms with Gasteiger partial charge in [-0.25, -0.2) is 0 Å². The fraction of sp³-hybridized carbons (Fsp3) is 0.333. The summed E-state index contributed by atoms with van der Waals surface area (Å²) in [5, 5.41) is 0.501. The summed E-state index contributed by atoms with van der Waals surface area (Å²) in [5.74, 6) is 0.237. The Morgan fingerprint density at radius 1 is 1.57 bits per heavy atom. The van der Waals surface area contributed by atoms with Crippen molar-refractivity contribution >= 4 is 17.6 Å². The van der Waals surface area contributed by atoms with Crippen LogP contribution in [0.3, 0.4) is 0 Å². The number of hydrogen-bond acceptors (Lipinski definition) is 4. The summed E-state index contributed by atoms with van der Waals surface area (Å²) in [6, 6.07) is 1.63. The minimum atomic E-state index is -0.306. The third-order valence-corrected chi connectivity index (χ3v) is 1.69. The topological polar surface area (TPSA) is 48.4 Å². The highest BCUT2D eigenvalue weighted by Gasteiger charge is 2.01. The molecule has 4 nitrogen and oxygen atoms in total. The van der Waals surface area contributed by atoms with Crippen LogP contribution in [0.1, 0.15) is 6.42 Å². The molecule has 0 unspecified atom stereocenters. The second-order valence-electron chi connectivity index (χ2n) is 2.51. The molecule has 1 heterocycles. The van der Waals surface area contributed by atoms with Gasteiger partial charge < -0.3 is 9.47 Å². The number of carbonyl (C=O) groups excluding carboxylic acids is 1. The molecule has 1 aromatic rings. The summed E-state index contributed by atoms with van der Waals surface area (Å²) in [5.41, 5.74) is 0. The first kappa shape index (κ1) is 10.8. The Kier molecular flexibility index (Phi) is 4.19. The van der Waals surface area contributed by atoms with Gasteiger partial charge >= 0.3 is 5.97 Å². The highest BCUT2D eigenvalue weighted by Crippen LogP contribution is 2.14. The van der Waals surface area contributed by atoms with E-state index in [9.17, 15) is 4.79 Å². The van der Waals surface area contributed by atoms with E-state index < -0.39 is 0 Å². The molecule has 76 valence electrons. The van der Waals surface area contributed by atoms with Crippen molar-refractivity contribution in [2.24, 2.45) is 0 Å². The minimum Gasteiger partial charge on any atom is -0.491 e. The van der Waals surface area contributed by atoms with Crippen LogP contribution < -0.4 is 4.74 Å². The standard InChI is InChI=1S/C9H10ClNO3/c1-13-9(12)2-3-14-8-4-7(10)5-11-6-8/h4-6H,2-3H2,1H3. The van der Waals surface area contributed by atoms with Crippen molar-refractivity contribution in [1.82, 2.24) is 4.98 Å². The van der Waals surface area contributed by atoms with E-state index in [0.717, 1.165) is 0 Å². The van der Waals surface area contributed by atoms with Crippen molar-refractivity contribution in [2.45, 2.75) is 6.42 Å². The Morgan fingerprint density at radius 3 is 3.00 bits per heavy atom. The lowest BCUT2D eigenvalue weighted by Gasteiger charge is -2.04. The molecule has 0 saturated carbocycles. The number of carbonyl (C=O) groups is 1. The fourth-order valence-electron chi connectivity index (χ4n) is 0.826. The van der Waals surface area contributed by atoms with Gasteiger partial charge in [0.25, 0.3) is 0 Å². The highest BCUT2D eigenvalue weighted by atomic mass is 35.5. The molecule has 0 spiro atoms. The maximum atomic E-state index is 10.7. The van der Waals surface area contributed by atoms with Crippen LogP contribution in [0.25, 0.3) is 0 Å². The van der Waals surface area contributed by atoms with Crippen molar-refractivity contribution in [3.63, 3.8) is 0 Å². The van der Waals surface area contributed by atoms with E-state index in [0.29, 0.717) is 10.8 Å². The van der Waals surface area contributed by atoms with Gasteiger partial charge in [-0.15, -0.1) is 0 Å². The number of esters is 1. The molecule has 0 atom stereocenters. The molecule has 0 aliphatic heterocycles. The van der Waals surface area contributed by atoms with Gasteiger partial charge in [-0.1, -0.05) is 11.6 Å². The number of hydrogen-bond donors (Lipinski definition) is 0. The van der Waals surface area contributed by atoms with Crippen molar-refractivity contribution in [3.05, 3.63) is 23.5 Å². The number of aromatic nitrogens is 1. The number of nitrogens with zero attached hydrogens (tertiary/aromatic N) is 1. The van der Waals surface area contributed by atoms with E-state index in [1.54, 1.807) is 6.07 Å². The molecule has 0 saturated heterocycles. The first-order valence-electron chi connectivity index (χ1n) is 4.02. The van der Waals surface area contributed by atoms with Crippen molar-refractivity contribution < 1.29 is 14.3 Å². The van der Waals surface area contributed by atoms with Crippen LogP contribution in [0.15, 0.2) is 18.5 Å². The summed E-state index contributed by atoms with van der Waals surface area (Å²) in [6.07, 6.45) is 3.25. The van der Waals surface area contributed by atoms with Gasteiger partial charge in [-0.05, 0) is 0 Å². The average Bonchev–Trinajstić information content (AvgIpc) is 2.17. The molecule has 14 heavy (non-hydrogen) atoms. The van der Waals surface area contributed by atoms with Gasteiger partial charge in [0.1, 0.15) is 5.75 Å². The van der Waals surface area contributed by atoms with Gasteiger partial charge in [-0.3, -0.25) is 9.78 Å². The summed E-state index contributed by atoms with van der Waals surface area (Å²) in [7, 11) is 1.34. The van der Waals surface area contributed by atoms with Gasteiger partial charge in [0.05, 0.1) is 31.4 Å². The molecule has 0 aliphatic carbocycles. The zero-order valence-corrected chi connectivity index (χ0v) is 8.45. The Labute approximate surface area is 86.8 Å². The molecule has 0 aliphatic rings. The normalized spacial score (nSPS) is 9.57. The summed E-state index contributed by atoms with van der Waals surface area (Å²) in [6.45, 7) is 0.259. The molecule has 1 rings (SSSR count). The van der Waals surface area contributed by atoms with Crippen LogP contribution in [0.4, 0.5) is 0 Å². The largest absolute Gasteiger partial charge is 0.491 e. The lowest BCUT2D eigenvalue weighted by molar-refractivity contribution is -0.141. The van der Waals surface area contributed by atoms with E-state index in [2.05, 4.69) is 9.72 Å². The van der Waals surface area contributed by atoms with Crippen molar-refractivity contribution in [1.29, 1.82) is 0 Å². The number of halogens is 1. The summed E-state index contributed by atoms with van der Waals surface area (Å²) >= 11 is 5.68. The summed E-state index contributed by atoms with van der Waals surface area (Å²) in [4.78, 5) is 14.6. The molecule has 0 fully saturated rings. The molecule has 0 radical (unpaired) electrons. The molecule has 1 aromatic heterocycles. The van der Waals surface area contributed by atoms with Crippen LogP contribution >= 0.6 is 11.6 Å². The Hall–Kier alpha value is -1.29. The monoisotopic (exact) mass is 215 g/mol. The molecular formula is C9H10ClNO3. The van der Waals surface area contributed by atoms with Crippen molar-refractivity contribution in [2.75, 3.05) is 13.7 Å². The smallest absolute Gasteiger partial charge is 0.308 e. The predicted molar refractivity (Wildman–Crippen MR) is 51.4 cm³/mol. The Morgan fingerprint density at radius 2 is 2.36 bits per heavy atom. The molecular weight excluding hydrogens is 206 g/mol. The SMILES string of the molecule is COC(=O)CCOc1cncc(Cl)c1. The second-order valence-corrected chi connectivity index (χ2v) is 2.95. The van der Waals surface area contributed by atoms with Gasteiger partial charge in [-0.2, -0.15) is 0 Å². The molecule has 0 N–H and O–H groups in total. The van der Waals surface area contributed by atoms with Crippen LogP contribution in [0.2, 0.25) is 5.02 Å². The summed E-state index contributed by atoms with van der Waals surface area (Å²) < 4.78 is 9.66. The van der Waals surface area contributed by atoms with Crippen LogP contribution in [-0.2, 0) is 9.53 Å². The number of pyridine rings is 1. The minimum absolute atomic E-state index is 0.211. The highest BCUT2D eigenvalue weighted by molar-refractivity contribution is 6.30. The third-order valence-electron chi connectivity index (χ3n) is 1.48. The maximum Gasteiger partial charge on any atom is 0.308 e. The van der Waals surface area contributed by atoms with E-state index in [1.807, 2.05) is 0 Å². The third kappa shape index (κ3) is 3.62. The molecule has 0 aromatic carbocycles. The average molecular weight is 216 g/mol. The van der Waals surface area contributed by atoms with Gasteiger partial charge in [0.15, 0.2) is 0 Å². The zero-order valence-electron chi connectivity index (χ0n) is 7.70. The number of rotatable bonds is 4. The van der Waals surface area contributed by atoms with E-state index in [1.165, 1.54) is 19.5 Å². The van der Waals surface area contributed by atoms with E-state index in [4.69, 9.17) is 16.3 Å². The lowest BCUT2D eigenvalue weighted by Crippen LogP contribution is -2.07. The van der Waals surface area contributed by atoms with Crippen molar-refractivity contribution in [3.8, 4) is 5.75 Å². The predicted octanol–water partition coefficient (Wildman–Crippen LogP) is 1.68.